The van der Waals surface area contributed by atoms with Crippen molar-refractivity contribution in [1.29, 1.82) is 0 Å². The van der Waals surface area contributed by atoms with Gasteiger partial charge in [-0.15, -0.1) is 0 Å². The van der Waals surface area contributed by atoms with Gasteiger partial charge in [-0.1, -0.05) is 12.2 Å². The van der Waals surface area contributed by atoms with Gasteiger partial charge in [-0.25, -0.2) is 0 Å². The summed E-state index contributed by atoms with van der Waals surface area (Å²) in [5.74, 6) is -0.204. The summed E-state index contributed by atoms with van der Waals surface area (Å²) in [4.78, 5) is 12.2. The number of carbonyl (C=O) groups excluding carboxylic acids is 1. The fraction of sp³-hybridized carbons (Fsp3) is 0.429. The van der Waals surface area contributed by atoms with Crippen molar-refractivity contribution in [2.24, 2.45) is 5.73 Å². The monoisotopic (exact) mass is 296 g/mol. The van der Waals surface area contributed by atoms with E-state index in [0.717, 1.165) is 5.56 Å². The van der Waals surface area contributed by atoms with Crippen molar-refractivity contribution in [3.8, 4) is 0 Å². The number of amides is 1. The van der Waals surface area contributed by atoms with Crippen molar-refractivity contribution >= 4 is 28.8 Å². The predicted octanol–water partition coefficient (Wildman–Crippen LogP) is 1.70. The Morgan fingerprint density at radius 3 is 2.55 bits per heavy atom. The third kappa shape index (κ3) is 5.64. The minimum atomic E-state index is -0.536. The molecule has 1 amide bonds. The van der Waals surface area contributed by atoms with Crippen LogP contribution in [0.5, 0.6) is 0 Å². The van der Waals surface area contributed by atoms with E-state index >= 15 is 0 Å². The molecule has 0 aromatic heterocycles. The van der Waals surface area contributed by atoms with Crippen molar-refractivity contribution in [3.63, 3.8) is 0 Å². The number of nitrogens with one attached hydrogen (secondary N) is 1. The Balaban J connectivity index is 2.42. The topological polar surface area (TPSA) is 73.6 Å². The summed E-state index contributed by atoms with van der Waals surface area (Å²) in [5.41, 5.74) is 6.94. The normalized spacial score (nSPS) is 11.9. The molecule has 0 aliphatic heterocycles. The summed E-state index contributed by atoms with van der Waals surface area (Å²) in [7, 11) is 0. The highest BCUT2D eigenvalue weighted by molar-refractivity contribution is 7.80. The van der Waals surface area contributed by atoms with Gasteiger partial charge in [0.15, 0.2) is 0 Å². The Morgan fingerprint density at radius 2 is 2.00 bits per heavy atom. The molecule has 110 valence electrons. The molecule has 1 aromatic rings. The first-order valence-corrected chi connectivity index (χ1v) is 6.85. The molecule has 1 aromatic carbocycles. The molecule has 0 fully saturated rings. The number of anilines is 1. The third-order valence-corrected chi connectivity index (χ3v) is 2.84. The van der Waals surface area contributed by atoms with Crippen molar-refractivity contribution in [3.05, 3.63) is 29.8 Å². The molecule has 0 saturated carbocycles. The van der Waals surface area contributed by atoms with E-state index in [1.165, 1.54) is 0 Å². The van der Waals surface area contributed by atoms with Crippen molar-refractivity contribution < 1.29 is 14.3 Å². The van der Waals surface area contributed by atoms with Crippen LogP contribution in [0.15, 0.2) is 24.3 Å². The number of thiocarbonyl (C=S) groups is 1. The molecule has 3 N–H and O–H groups in total. The largest absolute Gasteiger partial charge is 0.389 e. The highest BCUT2D eigenvalue weighted by atomic mass is 32.1. The molecular weight excluding hydrogens is 276 g/mol. The molecule has 20 heavy (non-hydrogen) atoms. The zero-order valence-electron chi connectivity index (χ0n) is 11.7. The summed E-state index contributed by atoms with van der Waals surface area (Å²) in [5, 5.41) is 2.76. The summed E-state index contributed by atoms with van der Waals surface area (Å²) >= 11 is 4.86. The van der Waals surface area contributed by atoms with Gasteiger partial charge in [-0.05, 0) is 38.1 Å². The van der Waals surface area contributed by atoms with E-state index in [1.807, 2.05) is 6.92 Å². The van der Waals surface area contributed by atoms with Crippen molar-refractivity contribution in [2.45, 2.75) is 20.0 Å². The minimum Gasteiger partial charge on any atom is -0.389 e. The molecular formula is C14H20N2O3S. The molecule has 1 unspecified atom stereocenters. The lowest BCUT2D eigenvalue weighted by Gasteiger charge is -2.13. The van der Waals surface area contributed by atoms with E-state index in [1.54, 1.807) is 31.2 Å². The average molecular weight is 296 g/mol. The van der Waals surface area contributed by atoms with Gasteiger partial charge in [-0.3, -0.25) is 4.79 Å². The number of nitrogens with two attached hydrogens (primary N) is 1. The number of rotatable bonds is 8. The minimum absolute atomic E-state index is 0.204. The Labute approximate surface area is 124 Å². The number of ether oxygens (including phenoxy) is 2. The Hall–Kier alpha value is -1.50. The van der Waals surface area contributed by atoms with E-state index in [4.69, 9.17) is 27.4 Å². The smallest absolute Gasteiger partial charge is 0.253 e. The molecule has 0 spiro atoms. The molecule has 5 nitrogen and oxygen atoms in total. The van der Waals surface area contributed by atoms with Crippen LogP contribution in [0, 0.1) is 0 Å². The average Bonchev–Trinajstić information content (AvgIpc) is 2.44. The maximum Gasteiger partial charge on any atom is 0.253 e. The highest BCUT2D eigenvalue weighted by Crippen LogP contribution is 2.10. The van der Waals surface area contributed by atoms with Crippen molar-refractivity contribution in [2.75, 3.05) is 25.1 Å². The molecule has 6 heteroatoms. The Bertz CT molecular complexity index is 448. The lowest BCUT2D eigenvalue weighted by Crippen LogP contribution is -2.28. The van der Waals surface area contributed by atoms with Crippen LogP contribution in [0.25, 0.3) is 0 Å². The fourth-order valence-electron chi connectivity index (χ4n) is 1.47. The van der Waals surface area contributed by atoms with Gasteiger partial charge in [0, 0.05) is 17.9 Å². The van der Waals surface area contributed by atoms with Gasteiger partial charge in [0.25, 0.3) is 5.91 Å². The van der Waals surface area contributed by atoms with Gasteiger partial charge in [-0.2, -0.15) is 0 Å². The standard InChI is InChI=1S/C14H20N2O3S/c1-3-18-8-9-19-10(2)14(17)16-12-6-4-11(5-7-12)13(15)20/h4-7,10H,3,8-9H2,1-2H3,(H2,15,20)(H,16,17). The second-order valence-electron chi connectivity index (χ2n) is 4.14. The lowest BCUT2D eigenvalue weighted by atomic mass is 10.2. The summed E-state index contributed by atoms with van der Waals surface area (Å²) in [6, 6.07) is 7.02. The second-order valence-corrected chi connectivity index (χ2v) is 4.58. The lowest BCUT2D eigenvalue weighted by molar-refractivity contribution is -0.127. The summed E-state index contributed by atoms with van der Waals surface area (Å²) in [6.07, 6.45) is -0.536. The number of hydrogen-bond acceptors (Lipinski definition) is 4. The first-order chi connectivity index (χ1) is 9.54. The molecule has 0 bridgehead atoms. The van der Waals surface area contributed by atoms with Crippen LogP contribution in [-0.2, 0) is 14.3 Å². The van der Waals surface area contributed by atoms with Crippen LogP contribution < -0.4 is 11.1 Å². The zero-order valence-corrected chi connectivity index (χ0v) is 12.5. The molecule has 1 atom stereocenters. The summed E-state index contributed by atoms with van der Waals surface area (Å²) < 4.78 is 10.5. The number of hydrogen-bond donors (Lipinski definition) is 2. The van der Waals surface area contributed by atoms with Crippen LogP contribution in [-0.4, -0.2) is 36.8 Å². The number of benzene rings is 1. The highest BCUT2D eigenvalue weighted by Gasteiger charge is 2.13. The van der Waals surface area contributed by atoms with Gasteiger partial charge in [0.05, 0.1) is 13.2 Å². The summed E-state index contributed by atoms with van der Waals surface area (Å²) in [6.45, 7) is 5.12. The van der Waals surface area contributed by atoms with Crippen LogP contribution in [0.2, 0.25) is 0 Å². The molecule has 0 aliphatic rings. The zero-order chi connectivity index (χ0) is 15.0. The maximum atomic E-state index is 11.9. The fourth-order valence-corrected chi connectivity index (χ4v) is 1.60. The Morgan fingerprint density at radius 1 is 1.35 bits per heavy atom. The van der Waals surface area contributed by atoms with Gasteiger partial charge < -0.3 is 20.5 Å². The molecule has 0 heterocycles. The first kappa shape index (κ1) is 16.6. The van der Waals surface area contributed by atoms with Gasteiger partial charge >= 0.3 is 0 Å². The third-order valence-electron chi connectivity index (χ3n) is 2.61. The van der Waals surface area contributed by atoms with Gasteiger partial charge in [0.2, 0.25) is 0 Å². The molecule has 1 rings (SSSR count). The van der Waals surface area contributed by atoms with E-state index in [0.29, 0.717) is 30.5 Å². The quantitative estimate of drug-likeness (QED) is 0.564. The van der Waals surface area contributed by atoms with Crippen LogP contribution in [0.3, 0.4) is 0 Å². The molecule has 0 radical (unpaired) electrons. The van der Waals surface area contributed by atoms with Crippen molar-refractivity contribution in [1.82, 2.24) is 0 Å². The van der Waals surface area contributed by atoms with Gasteiger partial charge in [0.1, 0.15) is 11.1 Å². The van der Waals surface area contributed by atoms with E-state index in [-0.39, 0.29) is 5.91 Å². The molecule has 0 saturated heterocycles. The van der Waals surface area contributed by atoms with Crippen LogP contribution in [0.1, 0.15) is 19.4 Å². The second kappa shape index (κ2) is 8.63. The predicted molar refractivity (Wildman–Crippen MR) is 82.9 cm³/mol. The maximum absolute atomic E-state index is 11.9. The SMILES string of the molecule is CCOCCOC(C)C(=O)Nc1ccc(C(N)=S)cc1. The molecule has 0 aliphatic carbocycles. The van der Waals surface area contributed by atoms with Crippen LogP contribution in [0.4, 0.5) is 5.69 Å². The first-order valence-electron chi connectivity index (χ1n) is 6.44. The van der Waals surface area contributed by atoms with E-state index < -0.39 is 6.10 Å². The van der Waals surface area contributed by atoms with Crippen LogP contribution >= 0.6 is 12.2 Å². The van der Waals surface area contributed by atoms with E-state index in [2.05, 4.69) is 5.32 Å². The van der Waals surface area contributed by atoms with E-state index in [9.17, 15) is 4.79 Å². The number of carbonyl (C=O) groups is 1. The Kier molecular flexibility index (Phi) is 7.14.